The van der Waals surface area contributed by atoms with Gasteiger partial charge in [0.1, 0.15) is 0 Å². The summed E-state index contributed by atoms with van der Waals surface area (Å²) in [6.45, 7) is 1.91. The van der Waals surface area contributed by atoms with E-state index in [1.54, 1.807) is 36.4 Å². The van der Waals surface area contributed by atoms with Crippen LogP contribution in [0.3, 0.4) is 0 Å². The van der Waals surface area contributed by atoms with Crippen LogP contribution < -0.4 is 16.4 Å². The van der Waals surface area contributed by atoms with Crippen molar-refractivity contribution in [1.82, 2.24) is 0 Å². The number of nitrogens with two attached hydrogens (primary N) is 1. The number of aryl methyl sites for hydroxylation is 1. The summed E-state index contributed by atoms with van der Waals surface area (Å²) in [5.74, 6) is 0. The zero-order chi connectivity index (χ0) is 13.8. The Hall–Kier alpha value is -2.20. The fourth-order valence-corrected chi connectivity index (χ4v) is 1.67. The molecular formula is C14H14ClN3O. The molecule has 0 aliphatic carbocycles. The van der Waals surface area contributed by atoms with Gasteiger partial charge in [-0.2, -0.15) is 0 Å². The molecule has 5 heteroatoms. The summed E-state index contributed by atoms with van der Waals surface area (Å²) in [5.41, 5.74) is 8.71. The first-order valence-corrected chi connectivity index (χ1v) is 6.12. The molecule has 98 valence electrons. The molecule has 2 aromatic carbocycles. The second kappa shape index (κ2) is 5.63. The van der Waals surface area contributed by atoms with Crippen molar-refractivity contribution in [1.29, 1.82) is 0 Å². The zero-order valence-electron chi connectivity index (χ0n) is 10.4. The molecule has 0 spiro atoms. The van der Waals surface area contributed by atoms with Gasteiger partial charge in [-0.1, -0.05) is 17.7 Å². The monoisotopic (exact) mass is 275 g/mol. The van der Waals surface area contributed by atoms with Crippen molar-refractivity contribution in [2.45, 2.75) is 6.92 Å². The van der Waals surface area contributed by atoms with Crippen LogP contribution in [0.1, 0.15) is 5.56 Å². The van der Waals surface area contributed by atoms with Crippen LogP contribution in [0.15, 0.2) is 42.5 Å². The van der Waals surface area contributed by atoms with E-state index in [2.05, 4.69) is 10.6 Å². The number of nitrogen functional groups attached to an aromatic ring is 1. The van der Waals surface area contributed by atoms with Crippen molar-refractivity contribution in [3.63, 3.8) is 0 Å². The summed E-state index contributed by atoms with van der Waals surface area (Å²) in [5, 5.41) is 6.03. The van der Waals surface area contributed by atoms with E-state index in [4.69, 9.17) is 17.3 Å². The van der Waals surface area contributed by atoms with E-state index in [-0.39, 0.29) is 6.03 Å². The number of amides is 2. The number of hydrogen-bond donors (Lipinski definition) is 3. The second-order valence-corrected chi connectivity index (χ2v) is 4.59. The molecule has 0 bridgehead atoms. The molecule has 2 rings (SSSR count). The molecule has 0 saturated carbocycles. The number of carbonyl (C=O) groups excluding carboxylic acids is 1. The van der Waals surface area contributed by atoms with Crippen LogP contribution in [0, 0.1) is 6.92 Å². The second-order valence-electron chi connectivity index (χ2n) is 4.16. The minimum absolute atomic E-state index is 0.328. The maximum Gasteiger partial charge on any atom is 0.323 e. The number of benzene rings is 2. The Bertz CT molecular complexity index is 596. The molecule has 19 heavy (non-hydrogen) atoms. The standard InChI is InChI=1S/C14H14ClN3O/c1-9-2-5-12(8-13(9)16)18-14(19)17-11-6-3-10(15)4-7-11/h2-8H,16H2,1H3,(H2,17,18,19). The predicted molar refractivity (Wildman–Crippen MR) is 79.7 cm³/mol. The van der Waals surface area contributed by atoms with Crippen molar-refractivity contribution in [2.24, 2.45) is 0 Å². The van der Waals surface area contributed by atoms with Gasteiger partial charge in [0, 0.05) is 22.1 Å². The molecule has 0 fully saturated rings. The lowest BCUT2D eigenvalue weighted by atomic mass is 10.2. The highest BCUT2D eigenvalue weighted by Gasteiger charge is 2.03. The minimum atomic E-state index is -0.328. The highest BCUT2D eigenvalue weighted by atomic mass is 35.5. The largest absolute Gasteiger partial charge is 0.398 e. The third-order valence-electron chi connectivity index (χ3n) is 2.64. The topological polar surface area (TPSA) is 67.2 Å². The van der Waals surface area contributed by atoms with Crippen molar-refractivity contribution < 1.29 is 4.79 Å². The molecule has 4 nitrogen and oxygen atoms in total. The van der Waals surface area contributed by atoms with E-state index >= 15 is 0 Å². The van der Waals surface area contributed by atoms with E-state index in [0.717, 1.165) is 5.56 Å². The molecule has 0 unspecified atom stereocenters. The van der Waals surface area contributed by atoms with Crippen LogP contribution in [0.5, 0.6) is 0 Å². The number of anilines is 3. The average Bonchev–Trinajstić information content (AvgIpc) is 2.37. The number of halogens is 1. The number of rotatable bonds is 2. The SMILES string of the molecule is Cc1ccc(NC(=O)Nc2ccc(Cl)cc2)cc1N. The normalized spacial score (nSPS) is 10.0. The Morgan fingerprint density at radius 3 is 2.26 bits per heavy atom. The Morgan fingerprint density at radius 1 is 1.05 bits per heavy atom. The fraction of sp³-hybridized carbons (Fsp3) is 0.0714. The molecule has 0 radical (unpaired) electrons. The summed E-state index contributed by atoms with van der Waals surface area (Å²) in [6.07, 6.45) is 0. The first kappa shape index (κ1) is 13.2. The molecule has 0 aromatic heterocycles. The highest BCUT2D eigenvalue weighted by molar-refractivity contribution is 6.30. The van der Waals surface area contributed by atoms with Gasteiger partial charge in [-0.05, 0) is 48.9 Å². The smallest absolute Gasteiger partial charge is 0.323 e. The summed E-state index contributed by atoms with van der Waals surface area (Å²) >= 11 is 5.77. The number of hydrogen-bond acceptors (Lipinski definition) is 2. The Kier molecular flexibility index (Phi) is 3.92. The lowest BCUT2D eigenvalue weighted by Gasteiger charge is -2.09. The van der Waals surface area contributed by atoms with Gasteiger partial charge in [-0.25, -0.2) is 4.79 Å². The Morgan fingerprint density at radius 2 is 1.63 bits per heavy atom. The van der Waals surface area contributed by atoms with Crippen molar-refractivity contribution in [3.8, 4) is 0 Å². The van der Waals surface area contributed by atoms with Crippen molar-refractivity contribution >= 4 is 34.7 Å². The van der Waals surface area contributed by atoms with Gasteiger partial charge in [0.2, 0.25) is 0 Å². The third kappa shape index (κ3) is 3.63. The molecule has 0 atom stereocenters. The van der Waals surface area contributed by atoms with Crippen molar-refractivity contribution in [2.75, 3.05) is 16.4 Å². The van der Waals surface area contributed by atoms with Gasteiger partial charge in [0.25, 0.3) is 0 Å². The minimum Gasteiger partial charge on any atom is -0.398 e. The highest BCUT2D eigenvalue weighted by Crippen LogP contribution is 2.18. The van der Waals surface area contributed by atoms with Crippen LogP contribution >= 0.6 is 11.6 Å². The average molecular weight is 276 g/mol. The van der Waals surface area contributed by atoms with Gasteiger partial charge in [-0.3, -0.25) is 0 Å². The summed E-state index contributed by atoms with van der Waals surface area (Å²) < 4.78 is 0. The number of carbonyl (C=O) groups is 1. The van der Waals surface area contributed by atoms with Gasteiger partial charge in [0.05, 0.1) is 0 Å². The first-order chi connectivity index (χ1) is 9.04. The molecule has 0 heterocycles. The van der Waals surface area contributed by atoms with E-state index in [1.165, 1.54) is 0 Å². The van der Waals surface area contributed by atoms with E-state index < -0.39 is 0 Å². The van der Waals surface area contributed by atoms with Gasteiger partial charge < -0.3 is 16.4 Å². The van der Waals surface area contributed by atoms with Crippen LogP contribution in [-0.4, -0.2) is 6.03 Å². The van der Waals surface area contributed by atoms with Crippen molar-refractivity contribution in [3.05, 3.63) is 53.1 Å². The quantitative estimate of drug-likeness (QED) is 0.728. The zero-order valence-corrected chi connectivity index (χ0v) is 11.2. The summed E-state index contributed by atoms with van der Waals surface area (Å²) in [4.78, 5) is 11.8. The fourth-order valence-electron chi connectivity index (χ4n) is 1.54. The Labute approximate surface area is 116 Å². The first-order valence-electron chi connectivity index (χ1n) is 5.74. The molecule has 2 aromatic rings. The molecule has 2 amide bonds. The molecule has 4 N–H and O–H groups in total. The van der Waals surface area contributed by atoms with E-state index in [9.17, 15) is 4.79 Å². The van der Waals surface area contributed by atoms with Crippen LogP contribution in [0.4, 0.5) is 21.9 Å². The van der Waals surface area contributed by atoms with Gasteiger partial charge >= 0.3 is 6.03 Å². The maximum atomic E-state index is 11.8. The molecular weight excluding hydrogens is 262 g/mol. The van der Waals surface area contributed by atoms with E-state index in [1.807, 2.05) is 13.0 Å². The predicted octanol–water partition coefficient (Wildman–Crippen LogP) is 3.87. The lowest BCUT2D eigenvalue weighted by molar-refractivity contribution is 0.262. The van der Waals surface area contributed by atoms with E-state index in [0.29, 0.717) is 22.1 Å². The summed E-state index contributed by atoms with van der Waals surface area (Å²) in [7, 11) is 0. The van der Waals surface area contributed by atoms with Crippen LogP contribution in [0.25, 0.3) is 0 Å². The number of nitrogens with one attached hydrogen (secondary N) is 2. The van der Waals surface area contributed by atoms with Crippen LogP contribution in [-0.2, 0) is 0 Å². The molecule has 0 aliphatic heterocycles. The van der Waals surface area contributed by atoms with Gasteiger partial charge in [-0.15, -0.1) is 0 Å². The number of urea groups is 1. The molecule has 0 saturated heterocycles. The van der Waals surface area contributed by atoms with Gasteiger partial charge in [0.15, 0.2) is 0 Å². The summed E-state index contributed by atoms with van der Waals surface area (Å²) in [6, 6.07) is 11.9. The van der Waals surface area contributed by atoms with Crippen LogP contribution in [0.2, 0.25) is 5.02 Å². The Balaban J connectivity index is 2.01. The molecule has 0 aliphatic rings. The third-order valence-corrected chi connectivity index (χ3v) is 2.89. The maximum absolute atomic E-state index is 11.8. The lowest BCUT2D eigenvalue weighted by Crippen LogP contribution is -2.19.